The highest BCUT2D eigenvalue weighted by atomic mass is 14.9. The van der Waals surface area contributed by atoms with Crippen molar-refractivity contribution < 1.29 is 0 Å². The zero-order valence-electron chi connectivity index (χ0n) is 6.09. The molecular formula is C8H9N3. The number of terminal acetylenes is 1. The van der Waals surface area contributed by atoms with Crippen LogP contribution in [0.4, 0.5) is 0 Å². The highest BCUT2D eigenvalue weighted by Gasteiger charge is 1.95. The molecule has 0 atom stereocenters. The first-order valence-electron chi connectivity index (χ1n) is 3.36. The van der Waals surface area contributed by atoms with E-state index in [0.29, 0.717) is 12.1 Å². The average Bonchev–Trinajstić information content (AvgIpc) is 2.48. The standard InChI is InChI=1S/C8H9N3/c1-2-7-6-10-8(11-7)4-3-5-9/h1,5-6,9H,3-4H2,(H,10,11). The molecule has 11 heavy (non-hydrogen) atoms. The Morgan fingerprint density at radius 3 is 3.18 bits per heavy atom. The summed E-state index contributed by atoms with van der Waals surface area (Å²) >= 11 is 0. The molecule has 0 aromatic carbocycles. The van der Waals surface area contributed by atoms with Crippen molar-refractivity contribution in [1.82, 2.24) is 9.97 Å². The molecule has 1 aromatic rings. The summed E-state index contributed by atoms with van der Waals surface area (Å²) in [5.74, 6) is 3.30. The Hall–Kier alpha value is -1.56. The van der Waals surface area contributed by atoms with Crippen molar-refractivity contribution in [2.75, 3.05) is 0 Å². The van der Waals surface area contributed by atoms with Crippen LogP contribution in [-0.2, 0) is 6.42 Å². The number of aromatic amines is 1. The van der Waals surface area contributed by atoms with Gasteiger partial charge in [0.2, 0.25) is 0 Å². The molecule has 0 aliphatic heterocycles. The lowest BCUT2D eigenvalue weighted by Gasteiger charge is -1.87. The van der Waals surface area contributed by atoms with Gasteiger partial charge in [0.15, 0.2) is 0 Å². The van der Waals surface area contributed by atoms with Crippen LogP contribution in [0.15, 0.2) is 6.20 Å². The number of hydrogen-bond donors (Lipinski definition) is 2. The normalized spacial score (nSPS) is 9.00. The summed E-state index contributed by atoms with van der Waals surface area (Å²) in [6, 6.07) is 0. The zero-order chi connectivity index (χ0) is 8.10. The number of aryl methyl sites for hydroxylation is 1. The van der Waals surface area contributed by atoms with Crippen molar-refractivity contribution in [3.8, 4) is 12.3 Å². The second-order valence-electron chi connectivity index (χ2n) is 2.13. The van der Waals surface area contributed by atoms with Crippen LogP contribution in [0.1, 0.15) is 17.9 Å². The molecule has 1 aromatic heterocycles. The molecule has 0 saturated heterocycles. The SMILES string of the molecule is C#Cc1cnc(CCC=N)[nH]1. The Balaban J connectivity index is 2.59. The van der Waals surface area contributed by atoms with Crippen LogP contribution in [0, 0.1) is 17.8 Å². The van der Waals surface area contributed by atoms with E-state index < -0.39 is 0 Å². The molecule has 1 rings (SSSR count). The minimum absolute atomic E-state index is 0.699. The van der Waals surface area contributed by atoms with Crippen LogP contribution in [0.5, 0.6) is 0 Å². The average molecular weight is 147 g/mol. The summed E-state index contributed by atoms with van der Waals surface area (Å²) in [7, 11) is 0. The van der Waals surface area contributed by atoms with Gasteiger partial charge in [0.05, 0.1) is 6.20 Å². The van der Waals surface area contributed by atoms with Gasteiger partial charge < -0.3 is 10.4 Å². The summed E-state index contributed by atoms with van der Waals surface area (Å²) in [6.45, 7) is 0. The maximum absolute atomic E-state index is 6.80. The van der Waals surface area contributed by atoms with Crippen LogP contribution in [0.3, 0.4) is 0 Å². The number of imidazole rings is 1. The van der Waals surface area contributed by atoms with E-state index in [9.17, 15) is 0 Å². The molecule has 1 heterocycles. The first kappa shape index (κ1) is 7.55. The van der Waals surface area contributed by atoms with Crippen LogP contribution in [0.25, 0.3) is 0 Å². The Labute approximate surface area is 65.4 Å². The van der Waals surface area contributed by atoms with E-state index in [1.165, 1.54) is 6.21 Å². The Bertz CT molecular complexity index is 280. The molecule has 0 aliphatic carbocycles. The molecule has 0 radical (unpaired) electrons. The number of nitrogens with one attached hydrogen (secondary N) is 2. The summed E-state index contributed by atoms with van der Waals surface area (Å²) in [5, 5.41) is 6.80. The highest BCUT2D eigenvalue weighted by Crippen LogP contribution is 1.97. The fraction of sp³-hybridized carbons (Fsp3) is 0.250. The predicted octanol–water partition coefficient (Wildman–Crippen LogP) is 0.973. The molecule has 3 heteroatoms. The molecular weight excluding hydrogens is 138 g/mol. The molecule has 0 saturated carbocycles. The Morgan fingerprint density at radius 2 is 2.64 bits per heavy atom. The van der Waals surface area contributed by atoms with Gasteiger partial charge in [0, 0.05) is 6.42 Å². The van der Waals surface area contributed by atoms with Gasteiger partial charge in [0.25, 0.3) is 0 Å². The van der Waals surface area contributed by atoms with Gasteiger partial charge in [-0.25, -0.2) is 4.98 Å². The van der Waals surface area contributed by atoms with E-state index >= 15 is 0 Å². The predicted molar refractivity (Wildman–Crippen MR) is 43.6 cm³/mol. The van der Waals surface area contributed by atoms with Crippen LogP contribution in [-0.4, -0.2) is 16.2 Å². The van der Waals surface area contributed by atoms with E-state index in [4.69, 9.17) is 11.8 Å². The van der Waals surface area contributed by atoms with Crippen molar-refractivity contribution in [3.05, 3.63) is 17.7 Å². The third-order valence-corrected chi connectivity index (χ3v) is 1.31. The first-order valence-corrected chi connectivity index (χ1v) is 3.36. The monoisotopic (exact) mass is 147 g/mol. The summed E-state index contributed by atoms with van der Waals surface area (Å²) in [6.07, 6.45) is 9.57. The van der Waals surface area contributed by atoms with Gasteiger partial charge in [-0.2, -0.15) is 0 Å². The smallest absolute Gasteiger partial charge is 0.109 e. The Kier molecular flexibility index (Phi) is 2.45. The molecule has 0 aliphatic rings. The molecule has 56 valence electrons. The summed E-state index contributed by atoms with van der Waals surface area (Å²) < 4.78 is 0. The maximum Gasteiger partial charge on any atom is 0.109 e. The number of rotatable bonds is 3. The lowest BCUT2D eigenvalue weighted by molar-refractivity contribution is 0.938. The van der Waals surface area contributed by atoms with E-state index in [1.54, 1.807) is 6.20 Å². The molecule has 0 fully saturated rings. The second-order valence-corrected chi connectivity index (χ2v) is 2.13. The van der Waals surface area contributed by atoms with Crippen molar-refractivity contribution in [1.29, 1.82) is 5.41 Å². The van der Waals surface area contributed by atoms with E-state index in [1.807, 2.05) is 0 Å². The third kappa shape index (κ3) is 1.94. The second kappa shape index (κ2) is 3.57. The van der Waals surface area contributed by atoms with Crippen LogP contribution < -0.4 is 0 Å². The number of nitrogens with zero attached hydrogens (tertiary/aromatic N) is 1. The topological polar surface area (TPSA) is 52.5 Å². The third-order valence-electron chi connectivity index (χ3n) is 1.31. The zero-order valence-corrected chi connectivity index (χ0v) is 6.09. The van der Waals surface area contributed by atoms with E-state index in [-0.39, 0.29) is 0 Å². The van der Waals surface area contributed by atoms with E-state index in [2.05, 4.69) is 15.9 Å². The fourth-order valence-corrected chi connectivity index (χ4v) is 0.772. The Morgan fingerprint density at radius 1 is 1.82 bits per heavy atom. The van der Waals surface area contributed by atoms with Gasteiger partial charge in [-0.3, -0.25) is 0 Å². The summed E-state index contributed by atoms with van der Waals surface area (Å²) in [4.78, 5) is 6.97. The number of aromatic nitrogens is 2. The van der Waals surface area contributed by atoms with Crippen molar-refractivity contribution in [2.45, 2.75) is 12.8 Å². The highest BCUT2D eigenvalue weighted by molar-refractivity contribution is 5.53. The number of hydrogen-bond acceptors (Lipinski definition) is 2. The maximum atomic E-state index is 6.80. The largest absolute Gasteiger partial charge is 0.336 e. The lowest BCUT2D eigenvalue weighted by atomic mass is 10.3. The molecule has 2 N–H and O–H groups in total. The molecule has 0 unspecified atom stereocenters. The van der Waals surface area contributed by atoms with Crippen LogP contribution >= 0.6 is 0 Å². The fourth-order valence-electron chi connectivity index (χ4n) is 0.772. The van der Waals surface area contributed by atoms with Gasteiger partial charge in [0.1, 0.15) is 11.5 Å². The van der Waals surface area contributed by atoms with Crippen molar-refractivity contribution >= 4 is 6.21 Å². The van der Waals surface area contributed by atoms with Crippen molar-refractivity contribution in [3.63, 3.8) is 0 Å². The van der Waals surface area contributed by atoms with Gasteiger partial charge in [-0.05, 0) is 12.6 Å². The molecule has 0 spiro atoms. The quantitative estimate of drug-likeness (QED) is 0.486. The van der Waals surface area contributed by atoms with Gasteiger partial charge in [-0.15, -0.1) is 6.42 Å². The molecule has 0 bridgehead atoms. The first-order chi connectivity index (χ1) is 5.36. The number of H-pyrrole nitrogens is 1. The molecule has 3 nitrogen and oxygen atoms in total. The van der Waals surface area contributed by atoms with Crippen molar-refractivity contribution in [2.24, 2.45) is 0 Å². The summed E-state index contributed by atoms with van der Waals surface area (Å²) in [5.41, 5.74) is 0.699. The van der Waals surface area contributed by atoms with Gasteiger partial charge in [-0.1, -0.05) is 5.92 Å². The van der Waals surface area contributed by atoms with Gasteiger partial charge >= 0.3 is 0 Å². The van der Waals surface area contributed by atoms with E-state index in [0.717, 1.165) is 12.2 Å². The molecule has 0 amide bonds. The minimum atomic E-state index is 0.699. The minimum Gasteiger partial charge on any atom is -0.336 e. The van der Waals surface area contributed by atoms with Crippen LogP contribution in [0.2, 0.25) is 0 Å². The lowest BCUT2D eigenvalue weighted by Crippen LogP contribution is -1.87.